The van der Waals surface area contributed by atoms with Crippen molar-refractivity contribution < 1.29 is 0 Å². The molecule has 120 valence electrons. The molecule has 3 nitrogen and oxygen atoms in total. The molecule has 0 saturated carbocycles. The highest BCUT2D eigenvalue weighted by Gasteiger charge is 2.17. The third-order valence-electron chi connectivity index (χ3n) is 4.48. The van der Waals surface area contributed by atoms with E-state index in [1.165, 1.54) is 84.2 Å². The van der Waals surface area contributed by atoms with Crippen molar-refractivity contribution in [2.45, 2.75) is 51.9 Å². The zero-order valence-corrected chi connectivity index (χ0v) is 14.2. The first-order valence-corrected chi connectivity index (χ1v) is 8.80. The molecule has 0 atom stereocenters. The molecule has 1 heterocycles. The van der Waals surface area contributed by atoms with Crippen LogP contribution >= 0.6 is 0 Å². The lowest BCUT2D eigenvalue weighted by molar-refractivity contribution is 0.175. The molecule has 1 aliphatic rings. The fraction of sp³-hybridized carbons (Fsp3) is 1.00. The van der Waals surface area contributed by atoms with Crippen LogP contribution in [0.25, 0.3) is 0 Å². The van der Waals surface area contributed by atoms with Crippen molar-refractivity contribution in [3.63, 3.8) is 0 Å². The number of hydrogen-bond donors (Lipinski definition) is 1. The van der Waals surface area contributed by atoms with Crippen LogP contribution in [0.15, 0.2) is 0 Å². The molecule has 1 N–H and O–H groups in total. The maximum absolute atomic E-state index is 3.48. The van der Waals surface area contributed by atoms with Crippen LogP contribution < -0.4 is 5.32 Å². The zero-order chi connectivity index (χ0) is 14.6. The van der Waals surface area contributed by atoms with Gasteiger partial charge in [-0.05, 0) is 84.8 Å². The predicted molar refractivity (Wildman–Crippen MR) is 89.3 cm³/mol. The average molecular weight is 284 g/mol. The SMILES string of the molecule is CCCNCCCCCCN(C)CC1CCN(C)CC1. The Hall–Kier alpha value is -0.120. The van der Waals surface area contributed by atoms with Crippen LogP contribution in [0.5, 0.6) is 0 Å². The molecule has 0 spiro atoms. The molecule has 0 radical (unpaired) electrons. The number of hydrogen-bond acceptors (Lipinski definition) is 3. The maximum atomic E-state index is 3.48. The van der Waals surface area contributed by atoms with Crippen molar-refractivity contribution in [3.05, 3.63) is 0 Å². The van der Waals surface area contributed by atoms with E-state index in [2.05, 4.69) is 36.1 Å². The molecule has 1 fully saturated rings. The van der Waals surface area contributed by atoms with Gasteiger partial charge in [0.1, 0.15) is 0 Å². The first-order chi connectivity index (χ1) is 9.72. The van der Waals surface area contributed by atoms with Gasteiger partial charge in [0.25, 0.3) is 0 Å². The van der Waals surface area contributed by atoms with E-state index in [9.17, 15) is 0 Å². The summed E-state index contributed by atoms with van der Waals surface area (Å²) in [4.78, 5) is 5.02. The van der Waals surface area contributed by atoms with E-state index in [1.807, 2.05) is 0 Å². The first-order valence-electron chi connectivity index (χ1n) is 8.80. The van der Waals surface area contributed by atoms with Gasteiger partial charge in [-0.25, -0.2) is 0 Å². The summed E-state index contributed by atoms with van der Waals surface area (Å²) in [6, 6.07) is 0. The van der Waals surface area contributed by atoms with Crippen LogP contribution in [0.4, 0.5) is 0 Å². The lowest BCUT2D eigenvalue weighted by atomic mass is 9.96. The molecular weight excluding hydrogens is 246 g/mol. The summed E-state index contributed by atoms with van der Waals surface area (Å²) in [5.41, 5.74) is 0. The Balaban J connectivity index is 1.88. The molecule has 20 heavy (non-hydrogen) atoms. The fourth-order valence-electron chi connectivity index (χ4n) is 3.06. The van der Waals surface area contributed by atoms with E-state index < -0.39 is 0 Å². The van der Waals surface area contributed by atoms with Crippen molar-refractivity contribution in [1.29, 1.82) is 0 Å². The minimum Gasteiger partial charge on any atom is -0.317 e. The van der Waals surface area contributed by atoms with Gasteiger partial charge in [-0.1, -0.05) is 19.8 Å². The number of likely N-dealkylation sites (tertiary alicyclic amines) is 1. The summed E-state index contributed by atoms with van der Waals surface area (Å²) in [5, 5.41) is 3.48. The highest BCUT2D eigenvalue weighted by molar-refractivity contribution is 4.72. The number of piperidine rings is 1. The smallest absolute Gasteiger partial charge is 0.000756 e. The van der Waals surface area contributed by atoms with Gasteiger partial charge in [-0.15, -0.1) is 0 Å². The van der Waals surface area contributed by atoms with Crippen LogP contribution in [-0.4, -0.2) is 63.2 Å². The Morgan fingerprint density at radius 1 is 1.05 bits per heavy atom. The minimum atomic E-state index is 0.939. The van der Waals surface area contributed by atoms with E-state index in [-0.39, 0.29) is 0 Å². The van der Waals surface area contributed by atoms with Crippen molar-refractivity contribution >= 4 is 0 Å². The zero-order valence-electron chi connectivity index (χ0n) is 14.2. The Labute approximate surface area is 127 Å². The van der Waals surface area contributed by atoms with Gasteiger partial charge in [0, 0.05) is 6.54 Å². The Kier molecular flexibility index (Phi) is 10.3. The molecule has 0 aromatic rings. The Morgan fingerprint density at radius 2 is 1.75 bits per heavy atom. The van der Waals surface area contributed by atoms with E-state index in [1.54, 1.807) is 0 Å². The molecule has 0 aliphatic carbocycles. The second kappa shape index (κ2) is 11.5. The molecule has 3 heteroatoms. The van der Waals surface area contributed by atoms with Crippen molar-refractivity contribution in [2.75, 3.05) is 53.4 Å². The van der Waals surface area contributed by atoms with Crippen LogP contribution in [-0.2, 0) is 0 Å². The van der Waals surface area contributed by atoms with E-state index >= 15 is 0 Å². The van der Waals surface area contributed by atoms with Gasteiger partial charge in [0.2, 0.25) is 0 Å². The van der Waals surface area contributed by atoms with Crippen LogP contribution in [0.2, 0.25) is 0 Å². The third-order valence-corrected chi connectivity index (χ3v) is 4.48. The third kappa shape index (κ3) is 8.93. The number of unbranched alkanes of at least 4 members (excludes halogenated alkanes) is 3. The normalized spacial score (nSPS) is 18.0. The molecule has 0 aromatic carbocycles. The van der Waals surface area contributed by atoms with Crippen molar-refractivity contribution in [1.82, 2.24) is 15.1 Å². The molecule has 1 rings (SSSR count). The summed E-state index contributed by atoms with van der Waals surface area (Å²) in [7, 11) is 4.55. The summed E-state index contributed by atoms with van der Waals surface area (Å²) >= 11 is 0. The highest BCUT2D eigenvalue weighted by Crippen LogP contribution is 2.16. The van der Waals surface area contributed by atoms with Crippen LogP contribution in [0, 0.1) is 5.92 Å². The molecule has 0 amide bonds. The standard InChI is InChI=1S/C17H37N3/c1-4-11-18-12-7-5-6-8-13-20(3)16-17-9-14-19(2)15-10-17/h17-18H,4-16H2,1-3H3. The van der Waals surface area contributed by atoms with E-state index in [4.69, 9.17) is 0 Å². The lowest BCUT2D eigenvalue weighted by Gasteiger charge is -2.31. The van der Waals surface area contributed by atoms with Gasteiger partial charge in [0.15, 0.2) is 0 Å². The highest BCUT2D eigenvalue weighted by atomic mass is 15.1. The van der Waals surface area contributed by atoms with Gasteiger partial charge in [-0.3, -0.25) is 0 Å². The Bertz CT molecular complexity index is 212. The van der Waals surface area contributed by atoms with Crippen molar-refractivity contribution in [2.24, 2.45) is 5.92 Å². The lowest BCUT2D eigenvalue weighted by Crippen LogP contribution is -2.36. The second-order valence-electron chi connectivity index (χ2n) is 6.67. The van der Waals surface area contributed by atoms with Gasteiger partial charge in [-0.2, -0.15) is 0 Å². The largest absolute Gasteiger partial charge is 0.317 e. The minimum absolute atomic E-state index is 0.939. The first kappa shape index (κ1) is 17.9. The molecule has 0 bridgehead atoms. The van der Waals surface area contributed by atoms with E-state index in [0.717, 1.165) is 5.92 Å². The van der Waals surface area contributed by atoms with Crippen LogP contribution in [0.3, 0.4) is 0 Å². The summed E-state index contributed by atoms with van der Waals surface area (Å²) in [6.45, 7) is 9.80. The van der Waals surface area contributed by atoms with E-state index in [0.29, 0.717) is 0 Å². The monoisotopic (exact) mass is 283 g/mol. The van der Waals surface area contributed by atoms with Crippen LogP contribution in [0.1, 0.15) is 51.9 Å². The number of nitrogens with zero attached hydrogens (tertiary/aromatic N) is 2. The molecule has 0 unspecified atom stereocenters. The molecule has 1 saturated heterocycles. The fourth-order valence-corrected chi connectivity index (χ4v) is 3.06. The summed E-state index contributed by atoms with van der Waals surface area (Å²) in [6.07, 6.45) is 9.54. The predicted octanol–water partition coefficient (Wildman–Crippen LogP) is 2.82. The van der Waals surface area contributed by atoms with Gasteiger partial charge in [0.05, 0.1) is 0 Å². The summed E-state index contributed by atoms with van der Waals surface area (Å²) < 4.78 is 0. The van der Waals surface area contributed by atoms with Gasteiger partial charge < -0.3 is 15.1 Å². The van der Waals surface area contributed by atoms with Gasteiger partial charge >= 0.3 is 0 Å². The quantitative estimate of drug-likeness (QED) is 0.588. The van der Waals surface area contributed by atoms with Crippen molar-refractivity contribution in [3.8, 4) is 0 Å². The molecule has 1 aliphatic heterocycles. The average Bonchev–Trinajstić information content (AvgIpc) is 2.44. The molecular formula is C17H37N3. The summed E-state index contributed by atoms with van der Waals surface area (Å²) in [5.74, 6) is 0.939. The number of rotatable bonds is 11. The number of nitrogens with one attached hydrogen (secondary N) is 1. The maximum Gasteiger partial charge on any atom is 0.000756 e. The molecule has 0 aromatic heterocycles. The topological polar surface area (TPSA) is 18.5 Å². The second-order valence-corrected chi connectivity index (χ2v) is 6.67. The Morgan fingerprint density at radius 3 is 2.45 bits per heavy atom.